The minimum atomic E-state index is -0.133. The van der Waals surface area contributed by atoms with E-state index in [0.29, 0.717) is 5.75 Å². The molecule has 0 amide bonds. The molecule has 28 heavy (non-hydrogen) atoms. The standard InChI is InChI=1S/C27H38O/c1-25(2,3)21-18-20(17-13-16-19-14-11-10-12-15-19)22(26(4,5)6)23(24(21)28)27(7,8)9/h10-16,18,28H,17H2,1-9H3. The van der Waals surface area contributed by atoms with Crippen molar-refractivity contribution in [3.63, 3.8) is 0 Å². The Morgan fingerprint density at radius 2 is 1.29 bits per heavy atom. The Kier molecular flexibility index (Phi) is 6.19. The Morgan fingerprint density at radius 1 is 0.750 bits per heavy atom. The van der Waals surface area contributed by atoms with Crippen molar-refractivity contribution in [1.29, 1.82) is 0 Å². The normalized spacial score (nSPS) is 13.3. The van der Waals surface area contributed by atoms with Crippen molar-refractivity contribution in [3.8, 4) is 5.75 Å². The first-order valence-electron chi connectivity index (χ1n) is 10.3. The van der Waals surface area contributed by atoms with Gasteiger partial charge in [-0.1, -0.05) is 111 Å². The smallest absolute Gasteiger partial charge is 0.123 e. The van der Waals surface area contributed by atoms with Crippen LogP contribution in [0.2, 0.25) is 0 Å². The molecule has 0 atom stereocenters. The first-order chi connectivity index (χ1) is 12.7. The second-order valence-electron chi connectivity index (χ2n) is 10.9. The fraction of sp³-hybridized carbons (Fsp3) is 0.481. The maximum atomic E-state index is 11.3. The van der Waals surface area contributed by atoms with Crippen molar-refractivity contribution in [1.82, 2.24) is 0 Å². The van der Waals surface area contributed by atoms with Crippen LogP contribution in [0.3, 0.4) is 0 Å². The maximum Gasteiger partial charge on any atom is 0.123 e. The molecule has 0 heterocycles. The van der Waals surface area contributed by atoms with Gasteiger partial charge in [0.05, 0.1) is 0 Å². The van der Waals surface area contributed by atoms with Crippen LogP contribution in [0.25, 0.3) is 6.08 Å². The molecule has 0 aromatic heterocycles. The Labute approximate surface area is 172 Å². The highest BCUT2D eigenvalue weighted by Gasteiger charge is 2.34. The molecule has 0 aliphatic heterocycles. The van der Waals surface area contributed by atoms with Crippen LogP contribution in [-0.4, -0.2) is 5.11 Å². The van der Waals surface area contributed by atoms with Crippen LogP contribution in [0, 0.1) is 0 Å². The van der Waals surface area contributed by atoms with Gasteiger partial charge in [0.1, 0.15) is 5.75 Å². The molecule has 0 unspecified atom stereocenters. The Balaban J connectivity index is 2.70. The van der Waals surface area contributed by atoms with Crippen LogP contribution in [-0.2, 0) is 22.7 Å². The summed E-state index contributed by atoms with van der Waals surface area (Å²) in [4.78, 5) is 0. The van der Waals surface area contributed by atoms with Gasteiger partial charge in [0.2, 0.25) is 0 Å². The zero-order valence-corrected chi connectivity index (χ0v) is 19.3. The van der Waals surface area contributed by atoms with Gasteiger partial charge < -0.3 is 5.11 Å². The molecule has 2 aromatic rings. The first kappa shape index (κ1) is 22.3. The molecule has 0 aliphatic rings. The lowest BCUT2D eigenvalue weighted by Crippen LogP contribution is -2.26. The summed E-state index contributed by atoms with van der Waals surface area (Å²) in [6.45, 7) is 19.9. The number of aromatic hydroxyl groups is 1. The van der Waals surface area contributed by atoms with Gasteiger partial charge in [-0.3, -0.25) is 0 Å². The average molecular weight is 379 g/mol. The van der Waals surface area contributed by atoms with E-state index in [4.69, 9.17) is 0 Å². The third kappa shape index (κ3) is 5.07. The van der Waals surface area contributed by atoms with Crippen molar-refractivity contribution >= 4 is 6.08 Å². The third-order valence-electron chi connectivity index (χ3n) is 5.14. The van der Waals surface area contributed by atoms with Crippen molar-refractivity contribution in [3.05, 3.63) is 70.3 Å². The molecule has 2 aromatic carbocycles. The van der Waals surface area contributed by atoms with Gasteiger partial charge >= 0.3 is 0 Å². The largest absolute Gasteiger partial charge is 0.507 e. The maximum absolute atomic E-state index is 11.3. The van der Waals surface area contributed by atoms with Crippen LogP contribution >= 0.6 is 0 Å². The van der Waals surface area contributed by atoms with Crippen LogP contribution in [0.15, 0.2) is 42.5 Å². The molecule has 0 spiro atoms. The van der Waals surface area contributed by atoms with E-state index >= 15 is 0 Å². The molecule has 0 aliphatic carbocycles. The summed E-state index contributed by atoms with van der Waals surface area (Å²) in [6.07, 6.45) is 5.29. The Hall–Kier alpha value is -2.02. The summed E-state index contributed by atoms with van der Waals surface area (Å²) in [6, 6.07) is 12.7. The van der Waals surface area contributed by atoms with E-state index in [2.05, 4.69) is 105 Å². The van der Waals surface area contributed by atoms with Crippen LogP contribution in [0.5, 0.6) is 5.75 Å². The third-order valence-corrected chi connectivity index (χ3v) is 5.14. The predicted molar refractivity (Wildman–Crippen MR) is 123 cm³/mol. The van der Waals surface area contributed by atoms with E-state index in [-0.39, 0.29) is 16.2 Å². The summed E-state index contributed by atoms with van der Waals surface area (Å²) in [7, 11) is 0. The fourth-order valence-electron chi connectivity index (χ4n) is 3.93. The van der Waals surface area contributed by atoms with Gasteiger partial charge in [0.25, 0.3) is 0 Å². The molecule has 0 radical (unpaired) electrons. The number of allylic oxidation sites excluding steroid dienone is 1. The topological polar surface area (TPSA) is 20.2 Å². The highest BCUT2D eigenvalue weighted by molar-refractivity contribution is 5.58. The van der Waals surface area contributed by atoms with Gasteiger partial charge in [-0.25, -0.2) is 0 Å². The molecule has 152 valence electrons. The summed E-state index contributed by atoms with van der Waals surface area (Å²) >= 11 is 0. The van der Waals surface area contributed by atoms with Crippen LogP contribution in [0.1, 0.15) is 90.1 Å². The Bertz CT molecular complexity index is 835. The second kappa shape index (κ2) is 7.78. The number of hydrogen-bond donors (Lipinski definition) is 1. The minimum absolute atomic E-state index is 0.0492. The summed E-state index contributed by atoms with van der Waals surface area (Å²) in [5.41, 5.74) is 5.64. The average Bonchev–Trinajstić information content (AvgIpc) is 2.53. The van der Waals surface area contributed by atoms with Gasteiger partial charge in [-0.15, -0.1) is 0 Å². The van der Waals surface area contributed by atoms with Crippen LogP contribution < -0.4 is 0 Å². The molecule has 0 saturated carbocycles. The zero-order chi connectivity index (χ0) is 21.3. The summed E-state index contributed by atoms with van der Waals surface area (Å²) < 4.78 is 0. The molecule has 0 fully saturated rings. The lowest BCUT2D eigenvalue weighted by molar-refractivity contribution is 0.413. The molecule has 1 N–H and O–H groups in total. The van der Waals surface area contributed by atoms with Crippen molar-refractivity contribution in [2.75, 3.05) is 0 Å². The van der Waals surface area contributed by atoms with Gasteiger partial charge in [-0.05, 0) is 44.9 Å². The molecule has 0 bridgehead atoms. The monoisotopic (exact) mass is 378 g/mol. The van der Waals surface area contributed by atoms with Crippen LogP contribution in [0.4, 0.5) is 0 Å². The fourth-order valence-corrected chi connectivity index (χ4v) is 3.93. The molecular formula is C27H38O. The first-order valence-corrected chi connectivity index (χ1v) is 10.3. The van der Waals surface area contributed by atoms with E-state index in [9.17, 15) is 5.11 Å². The number of rotatable bonds is 3. The minimum Gasteiger partial charge on any atom is -0.507 e. The van der Waals surface area contributed by atoms with E-state index < -0.39 is 0 Å². The molecule has 1 nitrogen and oxygen atoms in total. The lowest BCUT2D eigenvalue weighted by atomic mass is 9.69. The molecular weight excluding hydrogens is 340 g/mol. The number of phenols is 1. The van der Waals surface area contributed by atoms with E-state index in [1.54, 1.807) is 0 Å². The highest BCUT2D eigenvalue weighted by atomic mass is 16.3. The lowest BCUT2D eigenvalue weighted by Gasteiger charge is -2.36. The second-order valence-corrected chi connectivity index (χ2v) is 10.9. The van der Waals surface area contributed by atoms with Gasteiger partial charge in [0, 0.05) is 5.56 Å². The SMILES string of the molecule is CC(C)(C)c1cc(CC=Cc2ccccc2)c(C(C)(C)C)c(C(C)(C)C)c1O. The van der Waals surface area contributed by atoms with E-state index in [1.807, 2.05) is 6.07 Å². The quantitative estimate of drug-likeness (QED) is 0.585. The zero-order valence-electron chi connectivity index (χ0n) is 19.3. The highest BCUT2D eigenvalue weighted by Crippen LogP contribution is 2.46. The summed E-state index contributed by atoms with van der Waals surface area (Å²) in [5, 5.41) is 11.3. The number of phenolic OH excluding ortho intramolecular Hbond substituents is 1. The predicted octanol–water partition coefficient (Wildman–Crippen LogP) is 7.54. The van der Waals surface area contributed by atoms with Crippen molar-refractivity contribution in [2.24, 2.45) is 0 Å². The van der Waals surface area contributed by atoms with Gasteiger partial charge in [-0.2, -0.15) is 0 Å². The number of hydrogen-bond acceptors (Lipinski definition) is 1. The molecule has 0 saturated heterocycles. The molecule has 2 rings (SSSR count). The number of benzene rings is 2. The van der Waals surface area contributed by atoms with Gasteiger partial charge in [0.15, 0.2) is 0 Å². The van der Waals surface area contributed by atoms with Crippen molar-refractivity contribution in [2.45, 2.75) is 85.0 Å². The Morgan fingerprint density at radius 3 is 1.75 bits per heavy atom. The molecule has 1 heteroatoms. The van der Waals surface area contributed by atoms with E-state index in [1.165, 1.54) is 16.7 Å². The van der Waals surface area contributed by atoms with Crippen molar-refractivity contribution < 1.29 is 5.11 Å². The van der Waals surface area contributed by atoms with E-state index in [0.717, 1.165) is 17.5 Å². The summed E-state index contributed by atoms with van der Waals surface area (Å²) in [5.74, 6) is 0.473.